The minimum Gasteiger partial charge on any atom is -0.434 e. The van der Waals surface area contributed by atoms with E-state index in [4.69, 9.17) is 15.6 Å². The zero-order valence-electron chi connectivity index (χ0n) is 19.4. The number of carbonyl (C=O) groups excluding carboxylic acids is 1. The molecule has 0 radical (unpaired) electrons. The third-order valence-corrected chi connectivity index (χ3v) is 7.69. The fraction of sp³-hybridized carbons (Fsp3) is 0.308. The van der Waals surface area contributed by atoms with Gasteiger partial charge in [0.25, 0.3) is 5.91 Å². The summed E-state index contributed by atoms with van der Waals surface area (Å²) < 4.78 is 33.2. The molecule has 2 aliphatic carbocycles. The molecule has 2 atom stereocenters. The maximum atomic E-state index is 13.3. The topological polar surface area (TPSA) is 98.6 Å². The molecule has 10 heteroatoms. The van der Waals surface area contributed by atoms with Crippen molar-refractivity contribution in [3.63, 3.8) is 0 Å². The molecule has 2 unspecified atom stereocenters. The number of amides is 1. The molecule has 182 valence electrons. The summed E-state index contributed by atoms with van der Waals surface area (Å²) in [5.74, 6) is 0.130. The summed E-state index contributed by atoms with van der Waals surface area (Å²) in [6.07, 6.45) is 7.73. The molecule has 36 heavy (non-hydrogen) atoms. The van der Waals surface area contributed by atoms with Gasteiger partial charge < -0.3 is 15.4 Å². The van der Waals surface area contributed by atoms with Crippen LogP contribution in [0.3, 0.4) is 0 Å². The van der Waals surface area contributed by atoms with Crippen LogP contribution in [0.15, 0.2) is 48.9 Å². The van der Waals surface area contributed by atoms with Crippen LogP contribution < -0.4 is 10.5 Å². The molecule has 2 N–H and O–H groups in total. The first-order valence-corrected chi connectivity index (χ1v) is 11.8. The van der Waals surface area contributed by atoms with Crippen molar-refractivity contribution in [2.75, 3.05) is 7.05 Å². The van der Waals surface area contributed by atoms with Crippen molar-refractivity contribution in [1.82, 2.24) is 24.5 Å². The Morgan fingerprint density at radius 2 is 1.92 bits per heavy atom. The van der Waals surface area contributed by atoms with Crippen LogP contribution in [0.4, 0.5) is 8.78 Å². The van der Waals surface area contributed by atoms with Crippen LogP contribution in [-0.2, 0) is 5.54 Å². The van der Waals surface area contributed by atoms with Crippen molar-refractivity contribution in [1.29, 1.82) is 0 Å². The van der Waals surface area contributed by atoms with Crippen LogP contribution >= 0.6 is 0 Å². The average Bonchev–Trinajstić information content (AvgIpc) is 3.40. The van der Waals surface area contributed by atoms with Gasteiger partial charge in [-0.15, -0.1) is 0 Å². The van der Waals surface area contributed by atoms with Gasteiger partial charge in [-0.2, -0.15) is 13.9 Å². The van der Waals surface area contributed by atoms with Crippen molar-refractivity contribution in [3.05, 3.63) is 77.1 Å². The number of nitrogens with zero attached hydrogens (tertiary/aromatic N) is 5. The lowest BCUT2D eigenvalue weighted by Crippen LogP contribution is -2.30. The molecule has 8 nitrogen and oxygen atoms in total. The summed E-state index contributed by atoms with van der Waals surface area (Å²) in [5, 5.41) is 4.80. The number of alkyl halides is 2. The van der Waals surface area contributed by atoms with Gasteiger partial charge in [-0.25, -0.2) is 14.5 Å². The Hall–Kier alpha value is -3.92. The predicted octanol–water partition coefficient (Wildman–Crippen LogP) is 4.00. The second kappa shape index (κ2) is 7.30. The molecular formula is C26H22F2N6O2. The normalized spacial score (nSPS) is 21.5. The Morgan fingerprint density at radius 1 is 1.14 bits per heavy atom. The predicted molar refractivity (Wildman–Crippen MR) is 126 cm³/mol. The second-order valence-corrected chi connectivity index (χ2v) is 9.81. The quantitative estimate of drug-likeness (QED) is 0.466. The molecule has 3 aromatic heterocycles. The number of halogens is 2. The smallest absolute Gasteiger partial charge is 0.387 e. The Balaban J connectivity index is 1.39. The van der Waals surface area contributed by atoms with Crippen LogP contribution in [0, 0.1) is 0 Å². The first-order valence-electron chi connectivity index (χ1n) is 11.8. The van der Waals surface area contributed by atoms with Crippen molar-refractivity contribution in [2.24, 2.45) is 5.73 Å². The molecule has 0 spiro atoms. The number of rotatable bonds is 4. The lowest BCUT2D eigenvalue weighted by molar-refractivity contribution is -0.0505. The molecule has 4 heterocycles. The average molecular weight is 488 g/mol. The summed E-state index contributed by atoms with van der Waals surface area (Å²) in [6, 6.07) is 8.42. The van der Waals surface area contributed by atoms with E-state index in [1.165, 1.54) is 6.07 Å². The van der Waals surface area contributed by atoms with E-state index in [-0.39, 0.29) is 23.6 Å². The van der Waals surface area contributed by atoms with E-state index in [1.807, 2.05) is 18.3 Å². The van der Waals surface area contributed by atoms with E-state index in [9.17, 15) is 13.6 Å². The molecule has 1 saturated carbocycles. The Kier molecular flexibility index (Phi) is 4.33. The standard InChI is InChI=1S/C26H22F2N6O2/c1-33-18-10-16(20-15(23(33)35)3-2-4-19(20)36-25(27)28)21-17-9-13(5-8-34(17)32-22(18)21)14-11-30-24(31-12-14)26(29)6-7-26/h2-5,8-9,11-12,16,18,25H,6-7,10,29H2,1H3. The summed E-state index contributed by atoms with van der Waals surface area (Å²) in [7, 11) is 1.73. The highest BCUT2D eigenvalue weighted by atomic mass is 19.3. The van der Waals surface area contributed by atoms with Crippen molar-refractivity contribution >= 4 is 11.4 Å². The molecule has 1 amide bonds. The van der Waals surface area contributed by atoms with Crippen molar-refractivity contribution in [2.45, 2.75) is 43.4 Å². The zero-order valence-corrected chi connectivity index (χ0v) is 19.4. The van der Waals surface area contributed by atoms with Gasteiger partial charge in [-0.1, -0.05) is 6.07 Å². The lowest BCUT2D eigenvalue weighted by Gasteiger charge is -2.23. The molecule has 7 rings (SSSR count). The van der Waals surface area contributed by atoms with Crippen LogP contribution in [0.1, 0.15) is 64.2 Å². The highest BCUT2D eigenvalue weighted by Gasteiger charge is 2.46. The minimum atomic E-state index is -2.99. The third-order valence-electron chi connectivity index (χ3n) is 7.69. The summed E-state index contributed by atoms with van der Waals surface area (Å²) >= 11 is 0. The van der Waals surface area contributed by atoms with E-state index in [0.29, 0.717) is 23.4 Å². The SMILES string of the molecule is CN1C(=O)c2cccc(OC(F)F)c2C2CC1c1nn3ccc(-c4cnc(C5(N)CC5)nc4)cc3c12. The Labute approximate surface area is 204 Å². The fourth-order valence-electron chi connectivity index (χ4n) is 5.63. The monoisotopic (exact) mass is 488 g/mol. The Morgan fingerprint density at radius 3 is 2.64 bits per heavy atom. The molecule has 1 aromatic carbocycles. The maximum Gasteiger partial charge on any atom is 0.387 e. The van der Waals surface area contributed by atoms with E-state index in [1.54, 1.807) is 41.0 Å². The van der Waals surface area contributed by atoms with Gasteiger partial charge in [0.05, 0.1) is 22.8 Å². The number of aromatic nitrogens is 4. The molecular weight excluding hydrogens is 466 g/mol. The number of hydrogen-bond acceptors (Lipinski definition) is 6. The Bertz CT molecular complexity index is 1550. The zero-order chi connectivity index (χ0) is 24.8. The summed E-state index contributed by atoms with van der Waals surface area (Å²) in [4.78, 5) is 23.9. The van der Waals surface area contributed by atoms with Gasteiger partial charge in [-0.05, 0) is 49.1 Å². The van der Waals surface area contributed by atoms with Crippen LogP contribution in [-0.4, -0.2) is 44.0 Å². The molecule has 1 fully saturated rings. The van der Waals surface area contributed by atoms with E-state index in [0.717, 1.165) is 40.7 Å². The second-order valence-electron chi connectivity index (χ2n) is 9.81. The van der Waals surface area contributed by atoms with Crippen LogP contribution in [0.2, 0.25) is 0 Å². The first-order chi connectivity index (χ1) is 17.3. The van der Waals surface area contributed by atoms with Gasteiger partial charge >= 0.3 is 6.61 Å². The number of nitrogens with two attached hydrogens (primary N) is 1. The molecule has 1 aliphatic heterocycles. The van der Waals surface area contributed by atoms with Crippen LogP contribution in [0.5, 0.6) is 5.75 Å². The number of carbonyl (C=O) groups is 1. The van der Waals surface area contributed by atoms with E-state index in [2.05, 4.69) is 9.97 Å². The molecule has 0 saturated heterocycles. The van der Waals surface area contributed by atoms with Gasteiger partial charge in [0.2, 0.25) is 0 Å². The molecule has 4 aromatic rings. The van der Waals surface area contributed by atoms with Gasteiger partial charge in [-0.3, -0.25) is 4.79 Å². The minimum absolute atomic E-state index is 0.0260. The molecule has 2 bridgehead atoms. The fourth-order valence-corrected chi connectivity index (χ4v) is 5.63. The van der Waals surface area contributed by atoms with Crippen molar-refractivity contribution < 1.29 is 18.3 Å². The number of pyridine rings is 1. The van der Waals surface area contributed by atoms with Crippen LogP contribution in [0.25, 0.3) is 16.6 Å². The number of benzene rings is 1. The van der Waals surface area contributed by atoms with Crippen molar-refractivity contribution in [3.8, 4) is 16.9 Å². The summed E-state index contributed by atoms with van der Waals surface area (Å²) in [5.41, 5.74) is 11.0. The summed E-state index contributed by atoms with van der Waals surface area (Å²) in [6.45, 7) is -2.99. The first kappa shape index (κ1) is 21.4. The number of ether oxygens (including phenoxy) is 1. The maximum absolute atomic E-state index is 13.3. The van der Waals surface area contributed by atoms with Gasteiger partial charge in [0.1, 0.15) is 11.6 Å². The largest absolute Gasteiger partial charge is 0.434 e. The van der Waals surface area contributed by atoms with E-state index >= 15 is 0 Å². The lowest BCUT2D eigenvalue weighted by atomic mass is 9.88. The highest BCUT2D eigenvalue weighted by Crippen LogP contribution is 2.53. The van der Waals surface area contributed by atoms with Gasteiger partial charge in [0.15, 0.2) is 0 Å². The third kappa shape index (κ3) is 3.00. The number of fused-ring (bicyclic) bond motifs is 9. The number of hydrogen-bond donors (Lipinski definition) is 1. The highest BCUT2D eigenvalue weighted by molar-refractivity contribution is 5.98. The van der Waals surface area contributed by atoms with Gasteiger partial charge in [0, 0.05) is 53.8 Å². The van der Waals surface area contributed by atoms with E-state index < -0.39 is 12.2 Å². The molecule has 3 aliphatic rings.